The van der Waals surface area contributed by atoms with E-state index in [1.54, 1.807) is 0 Å². The normalized spacial score (nSPS) is 19.6. The van der Waals surface area contributed by atoms with Crippen LogP contribution in [0, 0.1) is 5.92 Å². The second-order valence-corrected chi connectivity index (χ2v) is 4.11. The van der Waals surface area contributed by atoms with E-state index in [0.717, 1.165) is 26.1 Å². The number of aromatic nitrogens is 2. The van der Waals surface area contributed by atoms with Crippen LogP contribution in [-0.4, -0.2) is 35.8 Å². The third-order valence-electron chi connectivity index (χ3n) is 2.58. The maximum Gasteiger partial charge on any atom is 0.240 e. The van der Waals surface area contributed by atoms with E-state index >= 15 is 0 Å². The predicted molar refractivity (Wildman–Crippen MR) is 57.8 cm³/mol. The minimum absolute atomic E-state index is 0.105. The third-order valence-corrected chi connectivity index (χ3v) is 2.58. The Morgan fingerprint density at radius 3 is 3.18 bits per heavy atom. The van der Waals surface area contributed by atoms with Crippen LogP contribution in [0.5, 0.6) is 0 Å². The van der Waals surface area contributed by atoms with Gasteiger partial charge in [-0.3, -0.25) is 10.1 Å². The fourth-order valence-corrected chi connectivity index (χ4v) is 1.74. The lowest BCUT2D eigenvalue weighted by Crippen LogP contribution is -2.28. The summed E-state index contributed by atoms with van der Waals surface area (Å²) >= 11 is 0. The maximum atomic E-state index is 10.5. The van der Waals surface area contributed by atoms with Gasteiger partial charge in [-0.2, -0.15) is 4.98 Å². The number of ether oxygens (including phenoxy) is 1. The molecular formula is C10H16N4O3. The highest BCUT2D eigenvalue weighted by Crippen LogP contribution is 2.16. The van der Waals surface area contributed by atoms with Crippen molar-refractivity contribution < 1.29 is 14.1 Å². The highest BCUT2D eigenvalue weighted by molar-refractivity contribution is 5.75. The van der Waals surface area contributed by atoms with Crippen molar-refractivity contribution in [2.45, 2.75) is 19.4 Å². The Labute approximate surface area is 98.7 Å². The zero-order valence-electron chi connectivity index (χ0n) is 9.52. The highest BCUT2D eigenvalue weighted by Gasteiger charge is 2.18. The quantitative estimate of drug-likeness (QED) is 0.676. The minimum Gasteiger partial charge on any atom is -0.381 e. The molecule has 1 aromatic rings. The Hall–Kier alpha value is -1.47. The van der Waals surface area contributed by atoms with E-state index in [2.05, 4.69) is 15.5 Å². The van der Waals surface area contributed by atoms with Crippen LogP contribution in [0.2, 0.25) is 0 Å². The summed E-state index contributed by atoms with van der Waals surface area (Å²) in [6.45, 7) is 2.05. The monoisotopic (exact) mass is 240 g/mol. The fourth-order valence-electron chi connectivity index (χ4n) is 1.74. The van der Waals surface area contributed by atoms with Crippen LogP contribution in [0.1, 0.15) is 18.1 Å². The average Bonchev–Trinajstić information content (AvgIpc) is 2.90. The summed E-state index contributed by atoms with van der Waals surface area (Å²) in [5.41, 5.74) is 4.99. The molecule has 7 nitrogen and oxygen atoms in total. The van der Waals surface area contributed by atoms with Gasteiger partial charge in [0, 0.05) is 19.6 Å². The van der Waals surface area contributed by atoms with Crippen LogP contribution < -0.4 is 11.1 Å². The van der Waals surface area contributed by atoms with Gasteiger partial charge in [0.1, 0.15) is 0 Å². The second kappa shape index (κ2) is 5.74. The summed E-state index contributed by atoms with van der Waals surface area (Å²) in [5, 5.41) is 6.69. The SMILES string of the molecule is NC(=O)CNCc1nc(CC2CCOC2)no1. The van der Waals surface area contributed by atoms with E-state index in [1.807, 2.05) is 0 Å². The van der Waals surface area contributed by atoms with Crippen LogP contribution in [0.4, 0.5) is 0 Å². The minimum atomic E-state index is -0.409. The van der Waals surface area contributed by atoms with Gasteiger partial charge in [0.05, 0.1) is 13.1 Å². The Kier molecular flexibility index (Phi) is 4.05. The largest absolute Gasteiger partial charge is 0.381 e. The Balaban J connectivity index is 1.76. The first-order valence-corrected chi connectivity index (χ1v) is 5.62. The van der Waals surface area contributed by atoms with Crippen LogP contribution >= 0.6 is 0 Å². The molecule has 1 aliphatic rings. The van der Waals surface area contributed by atoms with Gasteiger partial charge in [-0.25, -0.2) is 0 Å². The van der Waals surface area contributed by atoms with E-state index in [1.165, 1.54) is 0 Å². The van der Waals surface area contributed by atoms with Crippen LogP contribution in [0.3, 0.4) is 0 Å². The summed E-state index contributed by atoms with van der Waals surface area (Å²) in [5.74, 6) is 1.24. The first kappa shape index (κ1) is 12.0. The van der Waals surface area contributed by atoms with Crippen molar-refractivity contribution in [1.82, 2.24) is 15.5 Å². The lowest BCUT2D eigenvalue weighted by Gasteiger charge is -2.01. The maximum absolute atomic E-state index is 10.5. The van der Waals surface area contributed by atoms with Gasteiger partial charge in [-0.1, -0.05) is 5.16 Å². The first-order valence-electron chi connectivity index (χ1n) is 5.62. The number of hydrogen-bond acceptors (Lipinski definition) is 6. The highest BCUT2D eigenvalue weighted by atomic mass is 16.5. The predicted octanol–water partition coefficient (Wildman–Crippen LogP) is -0.776. The molecule has 0 radical (unpaired) electrons. The smallest absolute Gasteiger partial charge is 0.240 e. The summed E-state index contributed by atoms with van der Waals surface area (Å²) in [6, 6.07) is 0. The van der Waals surface area contributed by atoms with E-state index in [4.69, 9.17) is 15.0 Å². The van der Waals surface area contributed by atoms with Crippen molar-refractivity contribution in [1.29, 1.82) is 0 Å². The van der Waals surface area contributed by atoms with Gasteiger partial charge in [0.2, 0.25) is 11.8 Å². The van der Waals surface area contributed by atoms with E-state index < -0.39 is 5.91 Å². The van der Waals surface area contributed by atoms with Crippen molar-refractivity contribution in [3.63, 3.8) is 0 Å². The molecule has 0 spiro atoms. The number of carbonyl (C=O) groups excluding carboxylic acids is 1. The molecule has 1 fully saturated rings. The first-order chi connectivity index (χ1) is 8.24. The van der Waals surface area contributed by atoms with Gasteiger partial charge in [0.15, 0.2) is 5.82 Å². The summed E-state index contributed by atoms with van der Waals surface area (Å²) in [7, 11) is 0. The molecule has 1 aromatic heterocycles. The number of nitrogens with two attached hydrogens (primary N) is 1. The zero-order valence-corrected chi connectivity index (χ0v) is 9.52. The number of primary amides is 1. The van der Waals surface area contributed by atoms with Gasteiger partial charge >= 0.3 is 0 Å². The fraction of sp³-hybridized carbons (Fsp3) is 0.700. The zero-order chi connectivity index (χ0) is 12.1. The molecule has 3 N–H and O–H groups in total. The molecule has 0 saturated carbocycles. The van der Waals surface area contributed by atoms with Crippen molar-refractivity contribution in [3.8, 4) is 0 Å². The molecule has 2 heterocycles. The van der Waals surface area contributed by atoms with Gasteiger partial charge < -0.3 is 15.0 Å². The molecule has 1 atom stereocenters. The number of rotatable bonds is 6. The number of carbonyl (C=O) groups is 1. The van der Waals surface area contributed by atoms with Crippen LogP contribution in [0.25, 0.3) is 0 Å². The molecule has 1 saturated heterocycles. The topological polar surface area (TPSA) is 103 Å². The molecule has 1 unspecified atom stereocenters. The lowest BCUT2D eigenvalue weighted by atomic mass is 10.1. The molecule has 17 heavy (non-hydrogen) atoms. The van der Waals surface area contributed by atoms with E-state index in [0.29, 0.717) is 24.2 Å². The number of hydrogen-bond donors (Lipinski definition) is 2. The standard InChI is InChI=1S/C10H16N4O3/c11-8(15)4-12-5-10-13-9(14-17-10)3-7-1-2-16-6-7/h7,12H,1-6H2,(H2,11,15). The average molecular weight is 240 g/mol. The molecule has 1 amide bonds. The number of nitrogens with zero attached hydrogens (tertiary/aromatic N) is 2. The third kappa shape index (κ3) is 3.79. The van der Waals surface area contributed by atoms with Gasteiger partial charge in [-0.05, 0) is 12.3 Å². The van der Waals surface area contributed by atoms with Crippen LogP contribution in [-0.2, 0) is 22.5 Å². The summed E-state index contributed by atoms with van der Waals surface area (Å²) in [4.78, 5) is 14.7. The number of amides is 1. The van der Waals surface area contributed by atoms with Gasteiger partial charge in [-0.15, -0.1) is 0 Å². The molecule has 0 aromatic carbocycles. The second-order valence-electron chi connectivity index (χ2n) is 4.11. The van der Waals surface area contributed by atoms with E-state index in [9.17, 15) is 4.79 Å². The Morgan fingerprint density at radius 1 is 1.59 bits per heavy atom. The molecule has 0 bridgehead atoms. The molecule has 94 valence electrons. The Morgan fingerprint density at radius 2 is 2.47 bits per heavy atom. The molecule has 7 heteroatoms. The summed E-state index contributed by atoms with van der Waals surface area (Å²) in [6.07, 6.45) is 1.82. The van der Waals surface area contributed by atoms with Crippen molar-refractivity contribution in [3.05, 3.63) is 11.7 Å². The molecule has 1 aliphatic heterocycles. The number of nitrogens with one attached hydrogen (secondary N) is 1. The van der Waals surface area contributed by atoms with E-state index in [-0.39, 0.29) is 6.54 Å². The molecular weight excluding hydrogens is 224 g/mol. The van der Waals surface area contributed by atoms with Crippen LogP contribution in [0.15, 0.2) is 4.52 Å². The van der Waals surface area contributed by atoms with Crippen molar-refractivity contribution in [2.75, 3.05) is 19.8 Å². The van der Waals surface area contributed by atoms with Gasteiger partial charge in [0.25, 0.3) is 0 Å². The Bertz CT molecular complexity index is 373. The molecule has 0 aliphatic carbocycles. The summed E-state index contributed by atoms with van der Waals surface area (Å²) < 4.78 is 10.3. The molecule has 2 rings (SSSR count). The lowest BCUT2D eigenvalue weighted by molar-refractivity contribution is -0.117. The van der Waals surface area contributed by atoms with Crippen molar-refractivity contribution >= 4 is 5.91 Å². The van der Waals surface area contributed by atoms with Crippen molar-refractivity contribution in [2.24, 2.45) is 11.7 Å².